The molecule has 0 amide bonds. The predicted molar refractivity (Wildman–Crippen MR) is 71.2 cm³/mol. The molecule has 0 radical (unpaired) electrons. The molecule has 92 valence electrons. The summed E-state index contributed by atoms with van der Waals surface area (Å²) in [4.78, 5) is 13.0. The maximum Gasteiger partial charge on any atom is 0.336 e. The summed E-state index contributed by atoms with van der Waals surface area (Å²) in [5.74, 6) is 0.416. The minimum atomic E-state index is -0.942. The Kier molecular flexibility index (Phi) is 3.83. The smallest absolute Gasteiger partial charge is 0.336 e. The van der Waals surface area contributed by atoms with Gasteiger partial charge in [0.2, 0.25) is 0 Å². The maximum atomic E-state index is 11.2. The third-order valence-corrected chi connectivity index (χ3v) is 4.66. The van der Waals surface area contributed by atoms with Gasteiger partial charge in [0, 0.05) is 45.6 Å². The summed E-state index contributed by atoms with van der Waals surface area (Å²) in [6.45, 7) is 1.51. The van der Waals surface area contributed by atoms with E-state index in [1.807, 2.05) is 0 Å². The lowest BCUT2D eigenvalue weighted by atomic mass is 10.2. The number of benzene rings is 1. The van der Waals surface area contributed by atoms with Crippen molar-refractivity contribution in [2.45, 2.75) is 0 Å². The van der Waals surface area contributed by atoms with Crippen LogP contribution in [-0.2, 0) is 10.8 Å². The first kappa shape index (κ1) is 12.6. The normalized spacial score (nSPS) is 17.1. The van der Waals surface area contributed by atoms with Gasteiger partial charge in [0.25, 0.3) is 0 Å². The predicted octanol–water partition coefficient (Wildman–Crippen LogP) is 1.72. The molecule has 0 unspecified atom stereocenters. The van der Waals surface area contributed by atoms with Crippen molar-refractivity contribution >= 4 is 38.4 Å². The van der Waals surface area contributed by atoms with Gasteiger partial charge in [0.05, 0.1) is 5.56 Å². The molecule has 1 aromatic carbocycles. The standard InChI is InChI=1S/C11H12BrNO3S/c12-10-7-8(1-2-9(10)11(14)15)13-3-5-17(16)6-4-13/h1-2,7H,3-6H2,(H,14,15). The summed E-state index contributed by atoms with van der Waals surface area (Å²) in [7, 11) is -0.699. The minimum Gasteiger partial charge on any atom is -0.478 e. The monoisotopic (exact) mass is 317 g/mol. The highest BCUT2D eigenvalue weighted by Gasteiger charge is 2.17. The first-order valence-corrected chi connectivity index (χ1v) is 7.49. The van der Waals surface area contributed by atoms with E-state index in [0.717, 1.165) is 18.8 Å². The van der Waals surface area contributed by atoms with E-state index in [0.29, 0.717) is 16.0 Å². The van der Waals surface area contributed by atoms with E-state index in [-0.39, 0.29) is 5.56 Å². The van der Waals surface area contributed by atoms with Crippen molar-refractivity contribution in [3.63, 3.8) is 0 Å². The van der Waals surface area contributed by atoms with Gasteiger partial charge in [0.15, 0.2) is 0 Å². The molecular weight excluding hydrogens is 306 g/mol. The Bertz CT molecular complexity index is 468. The number of hydrogen-bond donors (Lipinski definition) is 1. The number of anilines is 1. The molecule has 0 aromatic heterocycles. The van der Waals surface area contributed by atoms with E-state index in [1.54, 1.807) is 18.2 Å². The molecule has 1 aliphatic rings. The van der Waals surface area contributed by atoms with Crippen LogP contribution in [0.2, 0.25) is 0 Å². The third-order valence-electron chi connectivity index (χ3n) is 2.73. The van der Waals surface area contributed by atoms with Gasteiger partial charge in [0.1, 0.15) is 0 Å². The minimum absolute atomic E-state index is 0.259. The Morgan fingerprint density at radius 2 is 2.00 bits per heavy atom. The molecule has 0 bridgehead atoms. The zero-order valence-corrected chi connectivity index (χ0v) is 11.5. The van der Waals surface area contributed by atoms with Crippen LogP contribution >= 0.6 is 15.9 Å². The second kappa shape index (κ2) is 5.18. The van der Waals surface area contributed by atoms with Gasteiger partial charge < -0.3 is 10.0 Å². The lowest BCUT2D eigenvalue weighted by Crippen LogP contribution is -2.37. The summed E-state index contributed by atoms with van der Waals surface area (Å²) in [6.07, 6.45) is 0. The van der Waals surface area contributed by atoms with E-state index in [2.05, 4.69) is 20.8 Å². The lowest BCUT2D eigenvalue weighted by molar-refractivity contribution is 0.0696. The molecule has 1 aliphatic heterocycles. The third kappa shape index (κ3) is 2.87. The molecule has 1 N–H and O–H groups in total. The van der Waals surface area contributed by atoms with Gasteiger partial charge in [-0.2, -0.15) is 0 Å². The molecule has 0 aliphatic carbocycles. The zero-order chi connectivity index (χ0) is 12.4. The highest BCUT2D eigenvalue weighted by atomic mass is 79.9. The molecule has 2 rings (SSSR count). The van der Waals surface area contributed by atoms with Crippen molar-refractivity contribution in [2.24, 2.45) is 0 Å². The summed E-state index contributed by atoms with van der Waals surface area (Å²) in [5.41, 5.74) is 1.23. The van der Waals surface area contributed by atoms with Crippen LogP contribution in [0.25, 0.3) is 0 Å². The number of carboxylic acid groups (broad SMARTS) is 1. The van der Waals surface area contributed by atoms with Gasteiger partial charge in [-0.1, -0.05) is 0 Å². The molecular formula is C11H12BrNO3S. The first-order valence-electron chi connectivity index (χ1n) is 5.20. The SMILES string of the molecule is O=C(O)c1ccc(N2CCS(=O)CC2)cc1Br. The van der Waals surface area contributed by atoms with Crippen LogP contribution in [0.4, 0.5) is 5.69 Å². The van der Waals surface area contributed by atoms with Crippen LogP contribution in [0.15, 0.2) is 22.7 Å². The number of halogens is 1. The van der Waals surface area contributed by atoms with Crippen LogP contribution in [-0.4, -0.2) is 39.9 Å². The van der Waals surface area contributed by atoms with Gasteiger partial charge in [-0.15, -0.1) is 0 Å². The Morgan fingerprint density at radius 3 is 2.53 bits per heavy atom. The molecule has 4 nitrogen and oxygen atoms in total. The van der Waals surface area contributed by atoms with Crippen molar-refractivity contribution in [3.05, 3.63) is 28.2 Å². The first-order chi connectivity index (χ1) is 8.08. The van der Waals surface area contributed by atoms with E-state index in [4.69, 9.17) is 5.11 Å². The quantitative estimate of drug-likeness (QED) is 0.902. The van der Waals surface area contributed by atoms with E-state index >= 15 is 0 Å². The Morgan fingerprint density at radius 1 is 1.35 bits per heavy atom. The van der Waals surface area contributed by atoms with E-state index < -0.39 is 16.8 Å². The fourth-order valence-electron chi connectivity index (χ4n) is 1.77. The second-order valence-electron chi connectivity index (χ2n) is 3.80. The number of carboxylic acids is 1. The highest BCUT2D eigenvalue weighted by molar-refractivity contribution is 9.10. The number of aromatic carboxylic acids is 1. The largest absolute Gasteiger partial charge is 0.478 e. The van der Waals surface area contributed by atoms with Crippen LogP contribution in [0.3, 0.4) is 0 Å². The van der Waals surface area contributed by atoms with Crippen molar-refractivity contribution in [1.29, 1.82) is 0 Å². The summed E-state index contributed by atoms with van der Waals surface area (Å²) in [6, 6.07) is 5.19. The van der Waals surface area contributed by atoms with Crippen LogP contribution in [0.1, 0.15) is 10.4 Å². The molecule has 6 heteroatoms. The Balaban J connectivity index is 2.20. The van der Waals surface area contributed by atoms with E-state index in [1.165, 1.54) is 0 Å². The van der Waals surface area contributed by atoms with Crippen molar-refractivity contribution < 1.29 is 14.1 Å². The number of hydrogen-bond acceptors (Lipinski definition) is 3. The van der Waals surface area contributed by atoms with Gasteiger partial charge >= 0.3 is 5.97 Å². The molecule has 1 heterocycles. The fraction of sp³-hybridized carbons (Fsp3) is 0.364. The van der Waals surface area contributed by atoms with Crippen molar-refractivity contribution in [3.8, 4) is 0 Å². The van der Waals surface area contributed by atoms with Gasteiger partial charge in [-0.3, -0.25) is 4.21 Å². The number of carbonyl (C=O) groups is 1. The Hall–Kier alpha value is -0.880. The van der Waals surface area contributed by atoms with Gasteiger partial charge in [-0.25, -0.2) is 4.79 Å². The second-order valence-corrected chi connectivity index (χ2v) is 6.35. The molecule has 0 saturated carbocycles. The molecule has 0 atom stereocenters. The van der Waals surface area contributed by atoms with Crippen LogP contribution < -0.4 is 4.90 Å². The highest BCUT2D eigenvalue weighted by Crippen LogP contribution is 2.25. The summed E-state index contributed by atoms with van der Waals surface area (Å²) in [5, 5.41) is 8.92. The maximum absolute atomic E-state index is 11.2. The number of rotatable bonds is 2. The average Bonchev–Trinajstić information content (AvgIpc) is 2.29. The lowest BCUT2D eigenvalue weighted by Gasteiger charge is -2.28. The molecule has 0 spiro atoms. The molecule has 1 aromatic rings. The Labute approximate surface area is 110 Å². The average molecular weight is 318 g/mol. The summed E-state index contributed by atoms with van der Waals surface area (Å²) < 4.78 is 11.8. The summed E-state index contributed by atoms with van der Waals surface area (Å²) >= 11 is 3.26. The van der Waals surface area contributed by atoms with Gasteiger partial charge in [-0.05, 0) is 34.1 Å². The van der Waals surface area contributed by atoms with Crippen LogP contribution in [0.5, 0.6) is 0 Å². The van der Waals surface area contributed by atoms with Crippen molar-refractivity contribution in [2.75, 3.05) is 29.5 Å². The zero-order valence-electron chi connectivity index (χ0n) is 9.06. The topological polar surface area (TPSA) is 57.6 Å². The van der Waals surface area contributed by atoms with Crippen molar-refractivity contribution in [1.82, 2.24) is 0 Å². The molecule has 1 fully saturated rings. The van der Waals surface area contributed by atoms with E-state index in [9.17, 15) is 9.00 Å². The van der Waals surface area contributed by atoms with Crippen LogP contribution in [0, 0.1) is 0 Å². The fourth-order valence-corrected chi connectivity index (χ4v) is 3.36. The number of nitrogens with zero attached hydrogens (tertiary/aromatic N) is 1. The molecule has 1 saturated heterocycles. The molecule has 17 heavy (non-hydrogen) atoms.